The number of primary amides is 1. The molecule has 2 fully saturated rings. The zero-order chi connectivity index (χ0) is 18.2. The number of hydrogen-bond donors (Lipinski definition) is 1. The van der Waals surface area contributed by atoms with E-state index in [1.165, 1.54) is 13.8 Å². The van der Waals surface area contributed by atoms with E-state index in [2.05, 4.69) is 5.16 Å². The highest BCUT2D eigenvalue weighted by molar-refractivity contribution is 7.94. The molecule has 3 atom stereocenters. The zero-order valence-electron chi connectivity index (χ0n) is 14.4. The Kier molecular flexibility index (Phi) is 4.91. The van der Waals surface area contributed by atoms with Crippen molar-refractivity contribution in [1.82, 2.24) is 5.16 Å². The van der Waals surface area contributed by atoms with Gasteiger partial charge in [-0.15, -0.1) is 0 Å². The molecule has 0 saturated carbocycles. The summed E-state index contributed by atoms with van der Waals surface area (Å²) in [5, 5.41) is 3.23. The first-order valence-corrected chi connectivity index (χ1v) is 9.99. The van der Waals surface area contributed by atoms with Gasteiger partial charge in [0.05, 0.1) is 17.8 Å². The van der Waals surface area contributed by atoms with Gasteiger partial charge >= 0.3 is 0 Å². The summed E-state index contributed by atoms with van der Waals surface area (Å²) >= 11 is 0. The Morgan fingerprint density at radius 3 is 2.72 bits per heavy atom. The number of aromatic nitrogens is 1. The minimum absolute atomic E-state index is 0.112. The third-order valence-electron chi connectivity index (χ3n) is 5.17. The minimum atomic E-state index is -3.84. The molecule has 0 aliphatic carbocycles. The summed E-state index contributed by atoms with van der Waals surface area (Å²) in [5.41, 5.74) is 6.00. The first-order chi connectivity index (χ1) is 11.7. The molecule has 0 bridgehead atoms. The number of nitrogens with two attached hydrogens (primary N) is 1. The molecule has 9 heteroatoms. The van der Waals surface area contributed by atoms with Gasteiger partial charge in [0.25, 0.3) is 0 Å². The zero-order valence-corrected chi connectivity index (χ0v) is 15.3. The highest BCUT2D eigenvalue weighted by Crippen LogP contribution is 2.38. The van der Waals surface area contributed by atoms with Crippen molar-refractivity contribution < 1.29 is 27.2 Å². The number of sulfone groups is 1. The molecular formula is C16H24N2O6S. The summed E-state index contributed by atoms with van der Waals surface area (Å²) in [4.78, 5) is 11.7. The van der Waals surface area contributed by atoms with Gasteiger partial charge in [-0.3, -0.25) is 4.79 Å². The predicted molar refractivity (Wildman–Crippen MR) is 88.6 cm³/mol. The Labute approximate surface area is 146 Å². The highest BCUT2D eigenvalue weighted by Gasteiger charge is 2.50. The van der Waals surface area contributed by atoms with Gasteiger partial charge in [-0.1, -0.05) is 5.16 Å². The summed E-state index contributed by atoms with van der Waals surface area (Å²) in [5.74, 6) is -0.950. The summed E-state index contributed by atoms with van der Waals surface area (Å²) in [6.07, 6.45) is 1.99. The van der Waals surface area contributed by atoms with Crippen LogP contribution in [0.25, 0.3) is 0 Å². The molecule has 3 rings (SSSR count). The van der Waals surface area contributed by atoms with Crippen molar-refractivity contribution in [3.8, 4) is 0 Å². The van der Waals surface area contributed by atoms with Crippen molar-refractivity contribution >= 4 is 15.7 Å². The molecule has 1 aromatic heterocycles. The third-order valence-corrected chi connectivity index (χ3v) is 8.15. The number of nitrogens with zero attached hydrogens (tertiary/aromatic N) is 1. The van der Waals surface area contributed by atoms with Crippen LogP contribution in [0.3, 0.4) is 0 Å². The van der Waals surface area contributed by atoms with E-state index in [1.807, 2.05) is 0 Å². The number of rotatable bonds is 5. The van der Waals surface area contributed by atoms with E-state index in [-0.39, 0.29) is 19.1 Å². The molecule has 2 aliphatic heterocycles. The molecule has 8 nitrogen and oxygen atoms in total. The second-order valence-electron chi connectivity index (χ2n) is 7.08. The predicted octanol–water partition coefficient (Wildman–Crippen LogP) is 1.08. The number of carbonyl (C=O) groups is 1. The van der Waals surface area contributed by atoms with E-state index in [4.69, 9.17) is 19.7 Å². The SMILES string of the molecule is CC(C)(C(N)=O)S(=O)(=O)C1CCOCC1c1cc(C2CCCO2)no1. The van der Waals surface area contributed by atoms with Gasteiger partial charge in [0, 0.05) is 19.3 Å². The molecule has 0 spiro atoms. The van der Waals surface area contributed by atoms with Crippen LogP contribution in [-0.2, 0) is 24.1 Å². The third kappa shape index (κ3) is 3.20. The lowest BCUT2D eigenvalue weighted by molar-refractivity contribution is -0.119. The van der Waals surface area contributed by atoms with Crippen molar-refractivity contribution in [2.45, 2.75) is 55.1 Å². The Hall–Kier alpha value is -1.45. The molecule has 2 aliphatic rings. The average Bonchev–Trinajstić information content (AvgIpc) is 3.25. The molecule has 2 N–H and O–H groups in total. The molecular weight excluding hydrogens is 348 g/mol. The summed E-state index contributed by atoms with van der Waals surface area (Å²) in [7, 11) is -3.84. The van der Waals surface area contributed by atoms with Crippen molar-refractivity contribution in [2.75, 3.05) is 19.8 Å². The molecule has 1 aromatic rings. The normalized spacial score (nSPS) is 28.2. The Balaban J connectivity index is 1.90. The van der Waals surface area contributed by atoms with Gasteiger partial charge in [-0.25, -0.2) is 8.42 Å². The second-order valence-corrected chi connectivity index (χ2v) is 9.80. The summed E-state index contributed by atoms with van der Waals surface area (Å²) in [6, 6.07) is 1.75. The van der Waals surface area contributed by atoms with Crippen LogP contribution in [0.15, 0.2) is 10.6 Å². The topological polar surface area (TPSA) is 122 Å². The number of ether oxygens (including phenoxy) is 2. The molecule has 0 radical (unpaired) electrons. The lowest BCUT2D eigenvalue weighted by Crippen LogP contribution is -2.52. The number of hydrogen-bond acceptors (Lipinski definition) is 7. The van der Waals surface area contributed by atoms with E-state index in [0.717, 1.165) is 12.8 Å². The smallest absolute Gasteiger partial charge is 0.238 e. The Morgan fingerprint density at radius 2 is 2.08 bits per heavy atom. The molecule has 3 unspecified atom stereocenters. The summed E-state index contributed by atoms with van der Waals surface area (Å²) in [6.45, 7) is 3.87. The van der Waals surface area contributed by atoms with Crippen LogP contribution in [-0.4, -0.2) is 49.3 Å². The van der Waals surface area contributed by atoms with E-state index in [9.17, 15) is 13.2 Å². The van der Waals surface area contributed by atoms with Gasteiger partial charge in [-0.05, 0) is 33.1 Å². The fourth-order valence-electron chi connectivity index (χ4n) is 3.31. The summed E-state index contributed by atoms with van der Waals surface area (Å²) < 4.78 is 40.9. The number of amides is 1. The van der Waals surface area contributed by atoms with Crippen LogP contribution in [0.5, 0.6) is 0 Å². The lowest BCUT2D eigenvalue weighted by atomic mass is 9.98. The van der Waals surface area contributed by atoms with Crippen LogP contribution in [0.2, 0.25) is 0 Å². The maximum Gasteiger partial charge on any atom is 0.238 e. The van der Waals surface area contributed by atoms with Crippen molar-refractivity contribution in [1.29, 1.82) is 0 Å². The van der Waals surface area contributed by atoms with Crippen molar-refractivity contribution in [2.24, 2.45) is 5.73 Å². The molecule has 2 saturated heterocycles. The maximum absolute atomic E-state index is 13.1. The van der Waals surface area contributed by atoms with E-state index >= 15 is 0 Å². The minimum Gasteiger partial charge on any atom is -0.381 e. The number of carbonyl (C=O) groups excluding carboxylic acids is 1. The van der Waals surface area contributed by atoms with Crippen LogP contribution in [0.1, 0.15) is 56.6 Å². The van der Waals surface area contributed by atoms with Crippen LogP contribution in [0.4, 0.5) is 0 Å². The van der Waals surface area contributed by atoms with Crippen LogP contribution < -0.4 is 5.73 Å². The van der Waals surface area contributed by atoms with E-state index in [0.29, 0.717) is 24.7 Å². The first-order valence-electron chi connectivity index (χ1n) is 8.44. The fourth-order valence-corrected chi connectivity index (χ4v) is 5.40. The van der Waals surface area contributed by atoms with Crippen molar-refractivity contribution in [3.63, 3.8) is 0 Å². The monoisotopic (exact) mass is 372 g/mol. The fraction of sp³-hybridized carbons (Fsp3) is 0.750. The Bertz CT molecular complexity index is 736. The second kappa shape index (κ2) is 6.69. The van der Waals surface area contributed by atoms with Gasteiger partial charge in [0.2, 0.25) is 5.91 Å². The first kappa shape index (κ1) is 18.3. The molecule has 140 valence electrons. The van der Waals surface area contributed by atoms with Gasteiger partial charge in [-0.2, -0.15) is 0 Å². The van der Waals surface area contributed by atoms with Crippen LogP contribution >= 0.6 is 0 Å². The highest BCUT2D eigenvalue weighted by atomic mass is 32.2. The van der Waals surface area contributed by atoms with Gasteiger partial charge < -0.3 is 19.7 Å². The molecule has 1 amide bonds. The Morgan fingerprint density at radius 1 is 1.32 bits per heavy atom. The van der Waals surface area contributed by atoms with Crippen LogP contribution in [0, 0.1) is 0 Å². The molecule has 3 heterocycles. The average molecular weight is 372 g/mol. The van der Waals surface area contributed by atoms with E-state index < -0.39 is 31.7 Å². The maximum atomic E-state index is 13.1. The lowest BCUT2D eigenvalue weighted by Gasteiger charge is -2.34. The molecule has 25 heavy (non-hydrogen) atoms. The quantitative estimate of drug-likeness (QED) is 0.820. The largest absolute Gasteiger partial charge is 0.381 e. The van der Waals surface area contributed by atoms with Gasteiger partial charge in [0.1, 0.15) is 22.3 Å². The van der Waals surface area contributed by atoms with Gasteiger partial charge in [0.15, 0.2) is 9.84 Å². The molecule has 0 aromatic carbocycles. The standard InChI is InChI=1S/C16H24N2O6S/c1-16(2,15(17)19)25(20,21)14-5-7-22-9-10(14)13-8-11(18-24-13)12-4-3-6-23-12/h8,10,12,14H,3-7,9H2,1-2H3,(H2,17,19). The van der Waals surface area contributed by atoms with Crippen molar-refractivity contribution in [3.05, 3.63) is 17.5 Å². The van der Waals surface area contributed by atoms with E-state index in [1.54, 1.807) is 6.07 Å².